The molecule has 0 bridgehead atoms. The smallest absolute Gasteiger partial charge is 0.338 e. The lowest BCUT2D eigenvalue weighted by Crippen LogP contribution is -2.49. The SMILES string of the molecule is CCN=c1cc2oc3cc(NCC)c(C)cc3c(-c3ccccc3C(=O)OCC)c-2cc1C.CCNc1cc2c(cc1C)C1(c3cc(C)c(NCC)cc3O2)c2ccccc2C(=O)N1CCN.CCO.Cl.NCCN. The number of aryl methyl sites for hydroxylation is 4. The van der Waals surface area contributed by atoms with Gasteiger partial charge in [0, 0.05) is 133 Å². The first-order valence-corrected chi connectivity index (χ1v) is 25.9. The van der Waals surface area contributed by atoms with Crippen molar-refractivity contribution in [3.63, 3.8) is 0 Å². The summed E-state index contributed by atoms with van der Waals surface area (Å²) in [6.07, 6.45) is 0. The summed E-state index contributed by atoms with van der Waals surface area (Å²) in [4.78, 5) is 33.2. The molecule has 400 valence electrons. The second-order valence-corrected chi connectivity index (χ2v) is 17.9. The molecule has 1 aliphatic carbocycles. The van der Waals surface area contributed by atoms with Crippen molar-refractivity contribution < 1.29 is 28.6 Å². The monoisotopic (exact) mass is 1040 g/mol. The summed E-state index contributed by atoms with van der Waals surface area (Å²) >= 11 is 0. The summed E-state index contributed by atoms with van der Waals surface area (Å²) in [6, 6.07) is 32.3. The van der Waals surface area contributed by atoms with Crippen molar-refractivity contribution in [2.24, 2.45) is 22.2 Å². The molecule has 9 rings (SSSR count). The van der Waals surface area contributed by atoms with E-state index in [4.69, 9.17) is 36.2 Å². The second kappa shape index (κ2) is 27.0. The van der Waals surface area contributed by atoms with Gasteiger partial charge in [0.2, 0.25) is 0 Å². The number of carbonyl (C=O) groups is 2. The number of rotatable bonds is 13. The number of hydrogen-bond acceptors (Lipinski definition) is 13. The molecule has 0 radical (unpaired) electrons. The molecular weight excluding hydrogens is 964 g/mol. The summed E-state index contributed by atoms with van der Waals surface area (Å²) in [6.45, 7) is 25.8. The number of hydrogen-bond donors (Lipinski definition) is 7. The Bertz CT molecular complexity index is 3070. The summed E-state index contributed by atoms with van der Waals surface area (Å²) in [5.41, 5.74) is 30.2. The van der Waals surface area contributed by atoms with E-state index in [1.807, 2.05) is 73.3 Å². The van der Waals surface area contributed by atoms with Crippen LogP contribution in [0.3, 0.4) is 0 Å². The number of ether oxygens (including phenoxy) is 2. The van der Waals surface area contributed by atoms with Gasteiger partial charge in [0.25, 0.3) is 5.91 Å². The van der Waals surface area contributed by atoms with Gasteiger partial charge in [0.1, 0.15) is 28.4 Å². The van der Waals surface area contributed by atoms with Gasteiger partial charge in [-0.25, -0.2) is 4.79 Å². The third kappa shape index (κ3) is 12.0. The van der Waals surface area contributed by atoms with Crippen LogP contribution in [-0.2, 0) is 10.3 Å². The van der Waals surface area contributed by atoms with Crippen LogP contribution >= 0.6 is 12.4 Å². The van der Waals surface area contributed by atoms with E-state index < -0.39 is 5.54 Å². The zero-order chi connectivity index (χ0) is 53.7. The molecule has 4 aliphatic rings. The Morgan fingerprint density at radius 2 is 1.20 bits per heavy atom. The van der Waals surface area contributed by atoms with Crippen molar-refractivity contribution in [1.82, 2.24) is 4.90 Å². The number of nitrogens with one attached hydrogen (secondary N) is 3. The minimum atomic E-state index is -0.805. The lowest BCUT2D eigenvalue weighted by molar-refractivity contribution is 0.0526. The summed E-state index contributed by atoms with van der Waals surface area (Å²) in [5.74, 6) is 1.92. The zero-order valence-corrected chi connectivity index (χ0v) is 46.1. The van der Waals surface area contributed by atoms with Crippen LogP contribution < -0.4 is 43.2 Å². The highest BCUT2D eigenvalue weighted by atomic mass is 35.5. The number of anilines is 3. The predicted molar refractivity (Wildman–Crippen MR) is 309 cm³/mol. The fraction of sp³-hybridized carbons (Fsp3) is 0.350. The molecule has 75 heavy (non-hydrogen) atoms. The van der Waals surface area contributed by atoms with Gasteiger partial charge in [0.15, 0.2) is 0 Å². The maximum Gasteiger partial charge on any atom is 0.338 e. The summed E-state index contributed by atoms with van der Waals surface area (Å²) in [7, 11) is 0. The lowest BCUT2D eigenvalue weighted by Gasteiger charge is -2.45. The van der Waals surface area contributed by atoms with E-state index in [0.717, 1.165) is 131 Å². The summed E-state index contributed by atoms with van der Waals surface area (Å²) in [5, 5.41) is 19.7. The molecule has 0 saturated carbocycles. The van der Waals surface area contributed by atoms with Crippen LogP contribution in [0.2, 0.25) is 0 Å². The highest BCUT2D eigenvalue weighted by Crippen LogP contribution is 2.58. The fourth-order valence-electron chi connectivity index (χ4n) is 9.83. The van der Waals surface area contributed by atoms with Gasteiger partial charge in [-0.1, -0.05) is 36.4 Å². The van der Waals surface area contributed by atoms with E-state index in [1.165, 1.54) is 0 Å². The Hall–Kier alpha value is -6.94. The molecular formula is C60H77ClN8O6. The van der Waals surface area contributed by atoms with E-state index >= 15 is 0 Å². The topological polar surface area (TPSA) is 216 Å². The minimum Gasteiger partial charge on any atom is -0.462 e. The molecule has 0 atom stereocenters. The third-order valence-corrected chi connectivity index (χ3v) is 12.9. The standard InChI is InChI=1S/C28H32N4O2.C28H30N2O3.C2H8N2.C2H6O.ClH/c1-5-30-23-15-25-21(13-17(23)3)28(22-14-18(4)24(31-6-2)16-26(22)34-25)20-10-8-7-9-19(20)27(33)32(28)12-11-29;1-6-29-23-15-25-21(13-17(23)4)27(19-11-9-10-12-20(19)28(31)32-8-3)22-14-18(5)24(30-7-2)16-26(22)33-25;3-1-2-4;1-2-3;/h7-10,13-16,30-31H,5-6,11-12,29H2,1-4H3;9-16,29H,6-8H2,1-5H3;1-4H2;3H,2H2,1H3;1H. The first-order valence-electron chi connectivity index (χ1n) is 25.9. The molecule has 0 saturated heterocycles. The highest BCUT2D eigenvalue weighted by Gasteiger charge is 2.56. The molecule has 5 aromatic rings. The number of fused-ring (bicyclic) bond motifs is 8. The van der Waals surface area contributed by atoms with E-state index in [2.05, 4.69) is 112 Å². The van der Waals surface area contributed by atoms with Crippen LogP contribution in [0.4, 0.5) is 17.1 Å². The average Bonchev–Trinajstić information content (AvgIpc) is 3.66. The molecule has 14 nitrogen and oxygen atoms in total. The maximum absolute atomic E-state index is 13.8. The molecule has 10 N–H and O–H groups in total. The quantitative estimate of drug-likeness (QED) is 0.0424. The van der Waals surface area contributed by atoms with Crippen LogP contribution in [0.5, 0.6) is 11.5 Å². The van der Waals surface area contributed by atoms with Crippen molar-refractivity contribution in [1.29, 1.82) is 0 Å². The number of nitrogens with zero attached hydrogens (tertiary/aromatic N) is 2. The number of halogens is 1. The number of nitrogens with two attached hydrogens (primary N) is 3. The molecule has 3 heterocycles. The Morgan fingerprint density at radius 1 is 0.667 bits per heavy atom. The zero-order valence-electron chi connectivity index (χ0n) is 45.3. The fourth-order valence-corrected chi connectivity index (χ4v) is 9.83. The predicted octanol–water partition coefficient (Wildman–Crippen LogP) is 10.7. The Kier molecular flexibility index (Phi) is 21.2. The molecule has 1 spiro atoms. The molecule has 3 aliphatic heterocycles. The van der Waals surface area contributed by atoms with Crippen molar-refractivity contribution in [3.05, 3.63) is 152 Å². The van der Waals surface area contributed by atoms with Crippen molar-refractivity contribution in [3.8, 4) is 33.9 Å². The number of amides is 1. The number of carbonyl (C=O) groups excluding carboxylic acids is 2. The van der Waals surface area contributed by atoms with E-state index in [0.29, 0.717) is 44.9 Å². The van der Waals surface area contributed by atoms with Crippen LogP contribution in [0, 0.1) is 27.7 Å². The van der Waals surface area contributed by atoms with Crippen molar-refractivity contribution >= 4 is 52.3 Å². The number of benzene rings is 6. The van der Waals surface area contributed by atoms with Gasteiger partial charge in [-0.05, 0) is 139 Å². The first-order chi connectivity index (χ1) is 35.8. The molecule has 0 fully saturated rings. The number of esters is 1. The van der Waals surface area contributed by atoms with E-state index in [1.54, 1.807) is 6.92 Å². The highest BCUT2D eigenvalue weighted by molar-refractivity contribution is 6.08. The van der Waals surface area contributed by atoms with Crippen LogP contribution in [0.25, 0.3) is 33.4 Å². The lowest BCUT2D eigenvalue weighted by atomic mass is 9.73. The van der Waals surface area contributed by atoms with Crippen LogP contribution in [-0.4, -0.2) is 87.5 Å². The molecule has 0 unspecified atom stereocenters. The average molecular weight is 1040 g/mol. The van der Waals surface area contributed by atoms with Gasteiger partial charge in [-0.2, -0.15) is 0 Å². The Balaban J connectivity index is 0.000000244. The van der Waals surface area contributed by atoms with Crippen molar-refractivity contribution in [2.75, 3.05) is 81.5 Å². The van der Waals surface area contributed by atoms with Gasteiger partial charge in [0.05, 0.1) is 17.5 Å². The minimum absolute atomic E-state index is 0. The maximum atomic E-state index is 13.8. The number of aliphatic hydroxyl groups excluding tert-OH is 1. The molecule has 0 aromatic heterocycles. The van der Waals surface area contributed by atoms with Gasteiger partial charge in [-0.15, -0.1) is 12.4 Å². The van der Waals surface area contributed by atoms with E-state index in [-0.39, 0.29) is 30.9 Å². The molecule has 15 heteroatoms. The molecule has 5 aromatic carbocycles. The summed E-state index contributed by atoms with van der Waals surface area (Å²) < 4.78 is 18.4. The third-order valence-electron chi connectivity index (χ3n) is 12.9. The Morgan fingerprint density at radius 3 is 1.73 bits per heavy atom. The molecule has 1 amide bonds. The normalized spacial score (nSPS) is 12.6. The number of aliphatic hydroxyl groups is 1. The van der Waals surface area contributed by atoms with Crippen LogP contribution in [0.1, 0.15) is 101 Å². The van der Waals surface area contributed by atoms with Gasteiger partial charge < -0.3 is 57.0 Å². The van der Waals surface area contributed by atoms with E-state index in [9.17, 15) is 9.59 Å². The largest absolute Gasteiger partial charge is 0.462 e. The van der Waals surface area contributed by atoms with Crippen molar-refractivity contribution in [2.45, 2.75) is 74.8 Å². The first kappa shape index (κ1) is 58.9. The second-order valence-electron chi connectivity index (χ2n) is 17.9. The van der Waals surface area contributed by atoms with Gasteiger partial charge in [-0.3, -0.25) is 9.79 Å². The Labute approximate surface area is 448 Å². The van der Waals surface area contributed by atoms with Crippen LogP contribution in [0.15, 0.2) is 106 Å². The van der Waals surface area contributed by atoms with Gasteiger partial charge >= 0.3 is 5.97 Å².